The van der Waals surface area contributed by atoms with Gasteiger partial charge in [-0.1, -0.05) is 12.1 Å². The molecule has 0 aliphatic carbocycles. The van der Waals surface area contributed by atoms with Gasteiger partial charge in [-0.05, 0) is 29.8 Å². The second-order valence-electron chi connectivity index (χ2n) is 6.21. The van der Waals surface area contributed by atoms with Crippen LogP contribution in [0.3, 0.4) is 0 Å². The van der Waals surface area contributed by atoms with Gasteiger partial charge in [0.25, 0.3) is 11.8 Å². The number of methoxy groups -OCH3 is 3. The number of halogens is 1. The number of hydrogen-bond donors (Lipinski definition) is 1. The fourth-order valence-corrected chi connectivity index (χ4v) is 3.02. The molecule has 2 amide bonds. The number of amides is 2. The highest BCUT2D eigenvalue weighted by atomic mass is 19.1. The number of nitrogens with zero attached hydrogens (tertiary/aromatic N) is 1. The zero-order valence-electron chi connectivity index (χ0n) is 16.3. The van der Waals surface area contributed by atoms with E-state index in [2.05, 4.69) is 5.32 Å². The second kappa shape index (κ2) is 8.74. The number of carbonyl (C=O) groups is 2. The summed E-state index contributed by atoms with van der Waals surface area (Å²) in [5.74, 6) is -0.393. The van der Waals surface area contributed by atoms with E-state index in [-0.39, 0.29) is 24.4 Å². The van der Waals surface area contributed by atoms with Crippen LogP contribution in [-0.4, -0.2) is 51.2 Å². The van der Waals surface area contributed by atoms with E-state index < -0.39 is 17.6 Å². The number of benzene rings is 2. The van der Waals surface area contributed by atoms with Gasteiger partial charge in [-0.3, -0.25) is 14.5 Å². The SMILES string of the molecule is COCCN1C(=O)C(Nc2ccc(OC)c(OC)c2)=C(c2ccc(F)cc2)C1=O. The Labute approximate surface area is 167 Å². The van der Waals surface area contributed by atoms with Crippen molar-refractivity contribution in [1.82, 2.24) is 4.90 Å². The second-order valence-corrected chi connectivity index (χ2v) is 6.21. The molecule has 1 aliphatic rings. The third kappa shape index (κ3) is 4.07. The highest BCUT2D eigenvalue weighted by molar-refractivity contribution is 6.36. The summed E-state index contributed by atoms with van der Waals surface area (Å²) >= 11 is 0. The van der Waals surface area contributed by atoms with E-state index in [9.17, 15) is 14.0 Å². The molecule has 0 aromatic heterocycles. The van der Waals surface area contributed by atoms with Gasteiger partial charge in [-0.15, -0.1) is 0 Å². The monoisotopic (exact) mass is 400 g/mol. The van der Waals surface area contributed by atoms with Crippen molar-refractivity contribution in [3.8, 4) is 11.5 Å². The standard InChI is InChI=1S/C21H21FN2O5/c1-27-11-10-24-20(25)18(13-4-6-14(22)7-5-13)19(21(24)26)23-15-8-9-16(28-2)17(12-15)29-3/h4-9,12,23H,10-11H2,1-3H3. The van der Waals surface area contributed by atoms with Crippen LogP contribution in [0.5, 0.6) is 11.5 Å². The van der Waals surface area contributed by atoms with Gasteiger partial charge >= 0.3 is 0 Å². The maximum atomic E-state index is 13.4. The lowest BCUT2D eigenvalue weighted by Crippen LogP contribution is -2.35. The highest BCUT2D eigenvalue weighted by Crippen LogP contribution is 2.34. The molecule has 152 valence electrons. The fourth-order valence-electron chi connectivity index (χ4n) is 3.02. The maximum Gasteiger partial charge on any atom is 0.278 e. The Morgan fingerprint density at radius 2 is 1.62 bits per heavy atom. The smallest absolute Gasteiger partial charge is 0.278 e. The first-order chi connectivity index (χ1) is 14.0. The number of nitrogens with one attached hydrogen (secondary N) is 1. The first kappa shape index (κ1) is 20.3. The van der Waals surface area contributed by atoms with Crippen LogP contribution in [0, 0.1) is 5.82 Å². The molecule has 8 heteroatoms. The number of hydrogen-bond acceptors (Lipinski definition) is 6. The summed E-state index contributed by atoms with van der Waals surface area (Å²) < 4.78 is 28.9. The normalized spacial score (nSPS) is 13.9. The van der Waals surface area contributed by atoms with Crippen LogP contribution in [0.2, 0.25) is 0 Å². The zero-order valence-corrected chi connectivity index (χ0v) is 16.3. The third-order valence-corrected chi connectivity index (χ3v) is 4.47. The Hall–Kier alpha value is -3.39. The van der Waals surface area contributed by atoms with Gasteiger partial charge in [0.05, 0.1) is 32.9 Å². The quantitative estimate of drug-likeness (QED) is 0.687. The molecule has 0 spiro atoms. The molecular weight excluding hydrogens is 379 g/mol. The first-order valence-corrected chi connectivity index (χ1v) is 8.84. The molecule has 1 heterocycles. The van der Waals surface area contributed by atoms with E-state index in [1.807, 2.05) is 0 Å². The Morgan fingerprint density at radius 3 is 2.24 bits per heavy atom. The third-order valence-electron chi connectivity index (χ3n) is 4.47. The Kier molecular flexibility index (Phi) is 6.13. The van der Waals surface area contributed by atoms with Crippen molar-refractivity contribution in [1.29, 1.82) is 0 Å². The van der Waals surface area contributed by atoms with E-state index in [4.69, 9.17) is 14.2 Å². The molecule has 0 fully saturated rings. The average Bonchev–Trinajstić information content (AvgIpc) is 2.96. The number of carbonyl (C=O) groups excluding carboxylic acids is 2. The highest BCUT2D eigenvalue weighted by Gasteiger charge is 2.39. The minimum atomic E-state index is -0.485. The molecule has 29 heavy (non-hydrogen) atoms. The van der Waals surface area contributed by atoms with Gasteiger partial charge in [0.2, 0.25) is 0 Å². The number of rotatable bonds is 8. The van der Waals surface area contributed by atoms with E-state index >= 15 is 0 Å². The number of imide groups is 1. The average molecular weight is 400 g/mol. The van der Waals surface area contributed by atoms with Crippen LogP contribution in [0.1, 0.15) is 5.56 Å². The summed E-state index contributed by atoms with van der Waals surface area (Å²) in [6.45, 7) is 0.313. The van der Waals surface area contributed by atoms with Gasteiger partial charge in [-0.2, -0.15) is 0 Å². The zero-order chi connectivity index (χ0) is 21.0. The molecular formula is C21H21FN2O5. The van der Waals surface area contributed by atoms with E-state index in [1.165, 1.54) is 45.6 Å². The molecule has 0 bridgehead atoms. The van der Waals surface area contributed by atoms with Gasteiger partial charge < -0.3 is 19.5 Å². The Bertz CT molecular complexity index is 956. The van der Waals surface area contributed by atoms with Crippen molar-refractivity contribution in [2.75, 3.05) is 39.8 Å². The van der Waals surface area contributed by atoms with Gasteiger partial charge in [0.15, 0.2) is 11.5 Å². The van der Waals surface area contributed by atoms with Crippen molar-refractivity contribution in [3.05, 3.63) is 59.5 Å². The number of ether oxygens (including phenoxy) is 3. The largest absolute Gasteiger partial charge is 0.493 e. The van der Waals surface area contributed by atoms with Gasteiger partial charge in [0, 0.05) is 18.9 Å². The van der Waals surface area contributed by atoms with E-state index in [0.717, 1.165) is 4.90 Å². The molecule has 2 aromatic carbocycles. The van der Waals surface area contributed by atoms with Gasteiger partial charge in [-0.25, -0.2) is 4.39 Å². The van der Waals surface area contributed by atoms with Crippen molar-refractivity contribution < 1.29 is 28.2 Å². The molecule has 0 saturated carbocycles. The maximum absolute atomic E-state index is 13.4. The molecule has 0 atom stereocenters. The first-order valence-electron chi connectivity index (χ1n) is 8.84. The molecule has 1 aliphatic heterocycles. The lowest BCUT2D eigenvalue weighted by Gasteiger charge is -2.15. The predicted molar refractivity (Wildman–Crippen MR) is 105 cm³/mol. The Morgan fingerprint density at radius 1 is 0.931 bits per heavy atom. The van der Waals surface area contributed by atoms with E-state index in [0.29, 0.717) is 22.7 Å². The van der Waals surface area contributed by atoms with Crippen molar-refractivity contribution in [2.24, 2.45) is 0 Å². The van der Waals surface area contributed by atoms with Crippen molar-refractivity contribution >= 4 is 23.1 Å². The lowest BCUT2D eigenvalue weighted by molar-refractivity contribution is -0.137. The molecule has 0 unspecified atom stereocenters. The molecule has 1 N–H and O–H groups in total. The van der Waals surface area contributed by atoms with E-state index in [1.54, 1.807) is 18.2 Å². The number of anilines is 1. The van der Waals surface area contributed by atoms with Crippen LogP contribution in [0.15, 0.2) is 48.2 Å². The van der Waals surface area contributed by atoms with Gasteiger partial charge in [0.1, 0.15) is 11.5 Å². The Balaban J connectivity index is 2.03. The summed E-state index contributed by atoms with van der Waals surface area (Å²) in [5, 5.41) is 3.01. The molecule has 3 rings (SSSR count). The summed E-state index contributed by atoms with van der Waals surface area (Å²) in [6.07, 6.45) is 0. The summed E-state index contributed by atoms with van der Waals surface area (Å²) in [5.41, 5.74) is 1.24. The predicted octanol–water partition coefficient (Wildman–Crippen LogP) is 2.68. The lowest BCUT2D eigenvalue weighted by atomic mass is 10.0. The van der Waals surface area contributed by atoms with Crippen molar-refractivity contribution in [2.45, 2.75) is 0 Å². The van der Waals surface area contributed by atoms with Crippen molar-refractivity contribution in [3.63, 3.8) is 0 Å². The minimum Gasteiger partial charge on any atom is -0.493 e. The summed E-state index contributed by atoms with van der Waals surface area (Å²) in [7, 11) is 4.51. The van der Waals surface area contributed by atoms with Crippen LogP contribution in [0.25, 0.3) is 5.57 Å². The molecule has 2 aromatic rings. The molecule has 7 nitrogen and oxygen atoms in total. The molecule has 0 radical (unpaired) electrons. The van der Waals surface area contributed by atoms with Crippen LogP contribution in [-0.2, 0) is 14.3 Å². The topological polar surface area (TPSA) is 77.1 Å². The van der Waals surface area contributed by atoms with Crippen LogP contribution >= 0.6 is 0 Å². The minimum absolute atomic E-state index is 0.102. The van der Waals surface area contributed by atoms with Crippen LogP contribution in [0.4, 0.5) is 10.1 Å². The van der Waals surface area contributed by atoms with Crippen LogP contribution < -0.4 is 14.8 Å². The summed E-state index contributed by atoms with van der Waals surface area (Å²) in [4.78, 5) is 27.0. The summed E-state index contributed by atoms with van der Waals surface area (Å²) in [6, 6.07) is 10.5. The molecule has 0 saturated heterocycles. The fraction of sp³-hybridized carbons (Fsp3) is 0.238.